The Hall–Kier alpha value is 0.514. The third kappa shape index (κ3) is 4.04. The Morgan fingerprint density at radius 1 is 0.850 bits per heavy atom. The maximum absolute atomic E-state index is 16.2. The van der Waals surface area contributed by atoms with E-state index in [9.17, 15) is 4.57 Å². The zero-order valence-electron chi connectivity index (χ0n) is 14.7. The van der Waals surface area contributed by atoms with E-state index in [1.165, 1.54) is 0 Å². The smallest absolute Gasteiger partial charge is 0.304 e. The van der Waals surface area contributed by atoms with Crippen molar-refractivity contribution in [2.75, 3.05) is 0 Å². The summed E-state index contributed by atoms with van der Waals surface area (Å²) in [5, 5.41) is 0. The van der Waals surface area contributed by atoms with Crippen LogP contribution in [0.3, 0.4) is 0 Å². The zero-order valence-corrected chi connectivity index (χ0v) is 17.6. The molecule has 0 spiro atoms. The van der Waals surface area contributed by atoms with Crippen LogP contribution in [0, 0.1) is 0 Å². The molecule has 0 aliphatic heterocycles. The first-order valence-corrected chi connectivity index (χ1v) is 15.8. The van der Waals surface area contributed by atoms with Crippen molar-refractivity contribution in [2.24, 2.45) is 0 Å². The van der Waals surface area contributed by atoms with Crippen LogP contribution in [-0.2, 0) is 13.6 Å². The van der Waals surface area contributed by atoms with Gasteiger partial charge in [-0.2, -0.15) is 0 Å². The van der Waals surface area contributed by atoms with Gasteiger partial charge in [0.1, 0.15) is 16.1 Å². The van der Waals surface area contributed by atoms with Crippen LogP contribution in [0.5, 0.6) is 0 Å². The van der Waals surface area contributed by atoms with Gasteiger partial charge in [0.05, 0.1) is 12.2 Å². The summed E-state index contributed by atoms with van der Waals surface area (Å²) in [4.78, 5) is 0. The Bertz CT molecular complexity index is 345. The van der Waals surface area contributed by atoms with Crippen LogP contribution in [-0.4, -0.2) is 33.0 Å². The first-order valence-electron chi connectivity index (χ1n) is 7.24. The highest BCUT2D eigenvalue weighted by molar-refractivity contribution is 7.63. The van der Waals surface area contributed by atoms with Crippen molar-refractivity contribution in [3.8, 4) is 0 Å². The van der Waals surface area contributed by atoms with Crippen LogP contribution in [0.15, 0.2) is 0 Å². The monoisotopic (exact) mass is 342 g/mol. The second kappa shape index (κ2) is 6.33. The summed E-state index contributed by atoms with van der Waals surface area (Å²) in [6.45, 7) is 18.5. The lowest BCUT2D eigenvalue weighted by Gasteiger charge is -2.48. The van der Waals surface area contributed by atoms with E-state index in [-0.39, 0.29) is 12.2 Å². The lowest BCUT2D eigenvalue weighted by molar-refractivity contribution is 0.124. The van der Waals surface area contributed by atoms with E-state index in [0.717, 1.165) is 0 Å². The van der Waals surface area contributed by atoms with Gasteiger partial charge in [-0.25, -0.2) is 4.39 Å². The molecule has 0 saturated carbocycles. The standard InChI is InChI=1S/C13H32FO3PSi2/c1-11(2)16-18(15,17-12(3)4)13(14,19(5,6)7)20(8,9)10/h11-12H,1-10H3. The van der Waals surface area contributed by atoms with Gasteiger partial charge in [0.2, 0.25) is 0 Å². The summed E-state index contributed by atoms with van der Waals surface area (Å²) in [5.41, 5.74) is 0. The fraction of sp³-hybridized carbons (Fsp3) is 1.00. The van der Waals surface area contributed by atoms with Crippen LogP contribution in [0.1, 0.15) is 27.7 Å². The van der Waals surface area contributed by atoms with Crippen LogP contribution < -0.4 is 0 Å². The van der Waals surface area contributed by atoms with Crippen LogP contribution in [0.4, 0.5) is 4.39 Å². The first-order chi connectivity index (χ1) is 8.58. The van der Waals surface area contributed by atoms with Crippen molar-refractivity contribution in [3.05, 3.63) is 0 Å². The van der Waals surface area contributed by atoms with Crippen molar-refractivity contribution < 1.29 is 18.0 Å². The van der Waals surface area contributed by atoms with Crippen LogP contribution in [0.25, 0.3) is 0 Å². The molecule has 0 N–H and O–H groups in total. The van der Waals surface area contributed by atoms with E-state index >= 15 is 4.39 Å². The highest BCUT2D eigenvalue weighted by atomic mass is 31.2. The van der Waals surface area contributed by atoms with Crippen LogP contribution in [0.2, 0.25) is 39.3 Å². The number of hydrogen-bond donors (Lipinski definition) is 0. The van der Waals surface area contributed by atoms with E-state index in [1.54, 1.807) is 27.7 Å². The molecule has 3 nitrogen and oxygen atoms in total. The van der Waals surface area contributed by atoms with Crippen molar-refractivity contribution in [1.29, 1.82) is 0 Å². The molecule has 0 aliphatic carbocycles. The van der Waals surface area contributed by atoms with Crippen molar-refractivity contribution in [1.82, 2.24) is 0 Å². The zero-order chi connectivity index (χ0) is 16.6. The number of alkyl halides is 1. The Morgan fingerprint density at radius 3 is 1.25 bits per heavy atom. The fourth-order valence-corrected chi connectivity index (χ4v) is 20.3. The summed E-state index contributed by atoms with van der Waals surface area (Å²) in [6, 6.07) is 0. The molecule has 0 aromatic heterocycles. The SMILES string of the molecule is CC(C)OP(=O)(OC(C)C)C(F)([Si](C)(C)C)[Si](C)(C)C. The molecule has 122 valence electrons. The van der Waals surface area contributed by atoms with Gasteiger partial charge < -0.3 is 9.05 Å². The fourth-order valence-electron chi connectivity index (χ4n) is 2.67. The Labute approximate surface area is 126 Å². The molecule has 0 aromatic rings. The van der Waals surface area contributed by atoms with E-state index in [0.29, 0.717) is 0 Å². The summed E-state index contributed by atoms with van der Waals surface area (Å²) in [6.07, 6.45) is -0.662. The van der Waals surface area contributed by atoms with Crippen molar-refractivity contribution in [2.45, 2.75) is 83.8 Å². The van der Waals surface area contributed by atoms with Crippen molar-refractivity contribution in [3.63, 3.8) is 0 Å². The van der Waals surface area contributed by atoms with Gasteiger partial charge in [0, 0.05) is 0 Å². The maximum Gasteiger partial charge on any atom is 0.360 e. The largest absolute Gasteiger partial charge is 0.360 e. The van der Waals surface area contributed by atoms with E-state index < -0.39 is 28.4 Å². The molecule has 0 fully saturated rings. The number of halogens is 1. The molecule has 0 bridgehead atoms. The van der Waals surface area contributed by atoms with Gasteiger partial charge in [-0.15, -0.1) is 0 Å². The molecule has 0 atom stereocenters. The maximum atomic E-state index is 16.2. The molecule has 0 aliphatic rings. The molecule has 0 rings (SSSR count). The quantitative estimate of drug-likeness (QED) is 0.456. The minimum atomic E-state index is -3.84. The van der Waals surface area contributed by atoms with Gasteiger partial charge in [-0.05, 0) is 27.7 Å². The molecular formula is C13H32FO3PSi2. The van der Waals surface area contributed by atoms with E-state index in [2.05, 4.69) is 0 Å². The van der Waals surface area contributed by atoms with Crippen LogP contribution >= 0.6 is 7.60 Å². The van der Waals surface area contributed by atoms with Gasteiger partial charge in [0.25, 0.3) is 0 Å². The Balaban J connectivity index is 6.12. The number of rotatable bonds is 7. The topological polar surface area (TPSA) is 35.5 Å². The molecule has 0 unspecified atom stereocenters. The molecule has 20 heavy (non-hydrogen) atoms. The molecule has 0 heterocycles. The Morgan fingerprint density at radius 2 is 1.10 bits per heavy atom. The molecule has 0 aromatic carbocycles. The predicted octanol–water partition coefficient (Wildman–Crippen LogP) is 5.45. The molecule has 7 heteroatoms. The number of hydrogen-bond acceptors (Lipinski definition) is 3. The second-order valence-electron chi connectivity index (χ2n) is 7.93. The summed E-state index contributed by atoms with van der Waals surface area (Å²) in [7, 11) is -8.71. The minimum Gasteiger partial charge on any atom is -0.304 e. The van der Waals surface area contributed by atoms with E-state index in [1.807, 2.05) is 39.3 Å². The van der Waals surface area contributed by atoms with E-state index in [4.69, 9.17) is 9.05 Å². The lowest BCUT2D eigenvalue weighted by atomic mass is 10.5. The second-order valence-corrected chi connectivity index (χ2v) is 21.7. The highest BCUT2D eigenvalue weighted by Gasteiger charge is 2.67. The Kier molecular flexibility index (Phi) is 6.49. The third-order valence-corrected chi connectivity index (χ3v) is 19.4. The van der Waals surface area contributed by atoms with Gasteiger partial charge in [-0.3, -0.25) is 4.57 Å². The highest BCUT2D eigenvalue weighted by Crippen LogP contribution is 2.68. The average Bonchev–Trinajstić information content (AvgIpc) is 2.09. The molecule has 0 amide bonds. The summed E-state index contributed by atoms with van der Waals surface area (Å²) in [5.74, 6) is 0. The third-order valence-electron chi connectivity index (χ3n) is 3.06. The molecular weight excluding hydrogens is 310 g/mol. The van der Waals surface area contributed by atoms with Gasteiger partial charge in [-0.1, -0.05) is 39.3 Å². The minimum absolute atomic E-state index is 0.331. The summed E-state index contributed by atoms with van der Waals surface area (Å²) >= 11 is 0. The van der Waals surface area contributed by atoms with Gasteiger partial charge >= 0.3 is 7.60 Å². The average molecular weight is 343 g/mol. The normalized spacial score (nSPS) is 15.2. The molecule has 0 radical (unpaired) electrons. The predicted molar refractivity (Wildman–Crippen MR) is 90.6 cm³/mol. The lowest BCUT2D eigenvalue weighted by Crippen LogP contribution is -2.63. The summed E-state index contributed by atoms with van der Waals surface area (Å²) < 4.78 is 39.0. The first kappa shape index (κ1) is 20.5. The molecule has 0 saturated heterocycles. The van der Waals surface area contributed by atoms with Gasteiger partial charge in [0.15, 0.2) is 4.66 Å². The van der Waals surface area contributed by atoms with Crippen molar-refractivity contribution >= 4 is 23.7 Å².